The van der Waals surface area contributed by atoms with Crippen LogP contribution in [0.4, 0.5) is 158 Å². The van der Waals surface area contributed by atoms with Crippen LogP contribution < -0.4 is 5.73 Å². The number of rotatable bonds is 20. The molecule has 64 heavy (non-hydrogen) atoms. The van der Waals surface area contributed by atoms with E-state index in [4.69, 9.17) is 15.9 Å². The molecule has 4 nitrogen and oxygen atoms in total. The first-order valence-corrected chi connectivity index (χ1v) is 14.9. The van der Waals surface area contributed by atoms with Crippen LogP contribution in [0.2, 0.25) is 0 Å². The van der Waals surface area contributed by atoms with E-state index in [0.717, 1.165) is 0 Å². The van der Waals surface area contributed by atoms with Crippen LogP contribution >= 0.6 is 0 Å². The van der Waals surface area contributed by atoms with E-state index in [1.165, 1.54) is 0 Å². The van der Waals surface area contributed by atoms with E-state index in [9.17, 15) is 123 Å². The van der Waals surface area contributed by atoms with Crippen molar-refractivity contribution in [2.24, 2.45) is 5.73 Å². The fourth-order valence-electron chi connectivity index (χ4n) is 4.73. The molecule has 0 spiro atoms. The van der Waals surface area contributed by atoms with Crippen molar-refractivity contribution in [1.29, 1.82) is 0 Å². The maximum atomic E-state index is 16.5. The largest absolute Gasteiger partial charge is 0.460 e. The highest BCUT2D eigenvalue weighted by Crippen LogP contribution is 2.70. The first-order chi connectivity index (χ1) is 27.2. The van der Waals surface area contributed by atoms with Gasteiger partial charge in [0.2, 0.25) is 0 Å². The lowest BCUT2D eigenvalue weighted by Gasteiger charge is -2.57. The van der Waals surface area contributed by atoms with Gasteiger partial charge in [0.25, 0.3) is 0 Å². The summed E-state index contributed by atoms with van der Waals surface area (Å²) in [5, 5.41) is 18.1. The highest BCUT2D eigenvalue weighted by atomic mass is 19.5. The standard InChI is InChI=1S/C24H16F36N2O2/c25-7(26,11(33,34)15(41,42)21(49,50)51)9(29,30)13(37,38)17(45,19(47,63)23(55,56)57)62(6-4-2-1-3-5-61)18(46,20(48,64)24(58,59)60)14(39,40)10(31,32)8(27,28)12(35,36)16(43,44)22(52,53)54/h63-64H,1-6,61H2. The summed E-state index contributed by atoms with van der Waals surface area (Å²) >= 11 is 0. The molecule has 4 unspecified atom stereocenters. The minimum atomic E-state index is -10.6. The maximum Gasteiger partial charge on any atom is 0.460 e. The SMILES string of the molecule is NCCCCCCN(C(F)(C(O)(F)C(F)(F)F)C(F)(F)C(F)(F)C(F)(F)C(F)(F)C(F)(F)C(F)(F)F)C(F)(C(O)(F)C(F)(F)F)C(F)(F)C(F)(F)C(F)(F)C(F)(F)C(F)(F)C(F)(F)F. The summed E-state index contributed by atoms with van der Waals surface area (Å²) < 4.78 is 508. The molecule has 40 heteroatoms. The molecule has 0 aromatic carbocycles. The summed E-state index contributed by atoms with van der Waals surface area (Å²) in [4.78, 5) is -5.18. The van der Waals surface area contributed by atoms with Crippen molar-refractivity contribution in [3.63, 3.8) is 0 Å². The Labute approximate surface area is 326 Å². The van der Waals surface area contributed by atoms with Gasteiger partial charge in [0.1, 0.15) is 0 Å². The Hall–Kier alpha value is -2.68. The van der Waals surface area contributed by atoms with Gasteiger partial charge in [0.05, 0.1) is 0 Å². The lowest BCUT2D eigenvalue weighted by Crippen LogP contribution is -2.89. The Morgan fingerprint density at radius 1 is 0.266 bits per heavy atom. The smallest absolute Gasteiger partial charge is 0.351 e. The quantitative estimate of drug-likeness (QED) is 0.0646. The number of halogens is 36. The number of aliphatic hydroxyl groups is 2. The first kappa shape index (κ1) is 61.3. The lowest BCUT2D eigenvalue weighted by atomic mass is 9.79. The third-order valence-corrected chi connectivity index (χ3v) is 8.41. The molecule has 0 amide bonds. The van der Waals surface area contributed by atoms with Crippen molar-refractivity contribution < 1.29 is 168 Å². The van der Waals surface area contributed by atoms with Crippen LogP contribution in [0.15, 0.2) is 0 Å². The van der Waals surface area contributed by atoms with E-state index < -0.39 is 151 Å². The second kappa shape index (κ2) is 16.2. The molecule has 0 aromatic rings. The fraction of sp³-hybridized carbons (Fsp3) is 1.00. The van der Waals surface area contributed by atoms with Crippen molar-refractivity contribution in [2.45, 2.75) is 133 Å². The monoisotopic (exact) mass is 1050 g/mol. The van der Waals surface area contributed by atoms with E-state index in [1.54, 1.807) is 0 Å². The van der Waals surface area contributed by atoms with Crippen LogP contribution in [0, 0.1) is 0 Å². The molecule has 0 rings (SSSR count). The minimum Gasteiger partial charge on any atom is -0.351 e. The van der Waals surface area contributed by atoms with Crippen LogP contribution in [0.25, 0.3) is 0 Å². The second-order valence-electron chi connectivity index (χ2n) is 12.6. The van der Waals surface area contributed by atoms with Gasteiger partial charge in [0, 0.05) is 6.54 Å². The van der Waals surface area contributed by atoms with E-state index in [0.29, 0.717) is 0 Å². The molecule has 0 aliphatic carbocycles. The van der Waals surface area contributed by atoms with Gasteiger partial charge in [-0.25, -0.2) is 13.7 Å². The van der Waals surface area contributed by atoms with Gasteiger partial charge >= 0.3 is 107 Å². The minimum absolute atomic E-state index is 0.910. The number of unbranched alkanes of at least 4 members (excludes halogenated alkanes) is 3. The molecule has 386 valence electrons. The fourth-order valence-corrected chi connectivity index (χ4v) is 4.73. The summed E-state index contributed by atoms with van der Waals surface area (Å²) in [5.74, 6) is -140. The Bertz CT molecular complexity index is 1500. The van der Waals surface area contributed by atoms with Gasteiger partial charge in [-0.05, 0) is 19.4 Å². The first-order valence-electron chi connectivity index (χ1n) is 14.9. The van der Waals surface area contributed by atoms with Gasteiger partial charge in [0.15, 0.2) is 0 Å². The Balaban J connectivity index is 9.83. The van der Waals surface area contributed by atoms with E-state index in [-0.39, 0.29) is 0 Å². The molecule has 0 aliphatic heterocycles. The molecule has 4 N–H and O–H groups in total. The van der Waals surface area contributed by atoms with Crippen molar-refractivity contribution in [2.75, 3.05) is 13.1 Å². The van der Waals surface area contributed by atoms with Gasteiger partial charge < -0.3 is 15.9 Å². The molecule has 0 fully saturated rings. The predicted octanol–water partition coefficient (Wildman–Crippen LogP) is 11.1. The molecular formula is C24H16F36N2O2. The highest BCUT2D eigenvalue weighted by Gasteiger charge is 3.02. The number of hydrogen-bond acceptors (Lipinski definition) is 4. The molecule has 0 aromatic heterocycles. The molecule has 0 saturated heterocycles. The maximum absolute atomic E-state index is 16.5. The zero-order valence-corrected chi connectivity index (χ0v) is 28.8. The van der Waals surface area contributed by atoms with Crippen LogP contribution in [0.1, 0.15) is 25.7 Å². The zero-order chi connectivity index (χ0) is 52.8. The third-order valence-electron chi connectivity index (χ3n) is 8.41. The van der Waals surface area contributed by atoms with Gasteiger partial charge in [-0.3, -0.25) is 0 Å². The van der Waals surface area contributed by atoms with E-state index in [1.807, 2.05) is 0 Å². The van der Waals surface area contributed by atoms with Gasteiger partial charge in [-0.1, -0.05) is 12.8 Å². The van der Waals surface area contributed by atoms with Crippen LogP contribution in [-0.4, -0.2) is 135 Å². The molecule has 0 radical (unpaired) electrons. The van der Waals surface area contributed by atoms with Crippen molar-refractivity contribution in [1.82, 2.24) is 4.90 Å². The summed E-state index contributed by atoms with van der Waals surface area (Å²) in [5.41, 5.74) is 4.77. The molecule has 0 aliphatic rings. The van der Waals surface area contributed by atoms with E-state index in [2.05, 4.69) is 0 Å². The highest BCUT2D eigenvalue weighted by molar-refractivity contribution is 5.25. The van der Waals surface area contributed by atoms with Crippen LogP contribution in [0.5, 0.6) is 0 Å². The third kappa shape index (κ3) is 7.85. The van der Waals surface area contributed by atoms with Crippen molar-refractivity contribution in [3.8, 4) is 0 Å². The number of nitrogens with zero attached hydrogens (tertiary/aromatic N) is 1. The molecule has 0 saturated carbocycles. The number of nitrogens with two attached hydrogens (primary N) is 1. The van der Waals surface area contributed by atoms with E-state index >= 15 is 35.1 Å². The summed E-state index contributed by atoms with van der Waals surface area (Å²) in [6, 6.07) is 0. The van der Waals surface area contributed by atoms with Gasteiger partial charge in [-0.15, -0.1) is 0 Å². The Morgan fingerprint density at radius 2 is 0.469 bits per heavy atom. The summed E-state index contributed by atoms with van der Waals surface area (Å²) in [6.45, 7) is -5.58. The van der Waals surface area contributed by atoms with Crippen LogP contribution in [-0.2, 0) is 0 Å². The number of alkyl halides is 36. The number of hydrogen-bond donors (Lipinski definition) is 3. The average molecular weight is 1050 g/mol. The average Bonchev–Trinajstić information content (AvgIpc) is 3.06. The summed E-state index contributed by atoms with van der Waals surface area (Å²) in [7, 11) is 0. The second-order valence-corrected chi connectivity index (χ2v) is 12.6. The van der Waals surface area contributed by atoms with Gasteiger partial charge in [-0.2, -0.15) is 149 Å². The topological polar surface area (TPSA) is 69.7 Å². The predicted molar refractivity (Wildman–Crippen MR) is 128 cm³/mol. The lowest BCUT2D eigenvalue weighted by molar-refractivity contribution is -0.524. The molecular weight excluding hydrogens is 1030 g/mol. The molecule has 4 atom stereocenters. The Kier molecular flexibility index (Phi) is 15.6. The molecule has 0 heterocycles. The van der Waals surface area contributed by atoms with Crippen molar-refractivity contribution in [3.05, 3.63) is 0 Å². The summed E-state index contributed by atoms with van der Waals surface area (Å²) in [6.07, 6.45) is -42.8. The Morgan fingerprint density at radius 3 is 0.672 bits per heavy atom. The van der Waals surface area contributed by atoms with Crippen molar-refractivity contribution >= 4 is 0 Å². The van der Waals surface area contributed by atoms with Crippen LogP contribution in [0.3, 0.4) is 0 Å². The normalized spacial score (nSPS) is 19.9. The molecule has 0 bridgehead atoms. The zero-order valence-electron chi connectivity index (χ0n) is 28.8.